The van der Waals surface area contributed by atoms with Gasteiger partial charge in [-0.25, -0.2) is 4.98 Å². The van der Waals surface area contributed by atoms with E-state index < -0.39 is 17.9 Å². The van der Waals surface area contributed by atoms with Crippen LogP contribution in [0.3, 0.4) is 0 Å². The molecule has 1 unspecified atom stereocenters. The molecular formula is C24H22F3N7O2S. The molecule has 3 aromatic rings. The van der Waals surface area contributed by atoms with Crippen LogP contribution in [0.5, 0.6) is 0 Å². The molecule has 0 bridgehead atoms. The van der Waals surface area contributed by atoms with Crippen LogP contribution in [0.25, 0.3) is 17.0 Å². The van der Waals surface area contributed by atoms with Gasteiger partial charge in [0.2, 0.25) is 0 Å². The summed E-state index contributed by atoms with van der Waals surface area (Å²) in [6.45, 7) is 0.973. The molecule has 9 nitrogen and oxygen atoms in total. The Morgan fingerprint density at radius 2 is 2.19 bits per heavy atom. The number of nitrogens with zero attached hydrogens (tertiary/aromatic N) is 6. The van der Waals surface area contributed by atoms with Crippen molar-refractivity contribution in [1.82, 2.24) is 29.9 Å². The fraction of sp³-hybridized carbons (Fsp3) is 0.292. The largest absolute Gasteiger partial charge is 0.416 e. The number of nitrogens with one attached hydrogen (secondary N) is 1. The van der Waals surface area contributed by atoms with Gasteiger partial charge in [0, 0.05) is 12.5 Å². The van der Waals surface area contributed by atoms with Crippen LogP contribution in [0, 0.1) is 0 Å². The van der Waals surface area contributed by atoms with Gasteiger partial charge in [0.05, 0.1) is 47.9 Å². The van der Waals surface area contributed by atoms with Crippen LogP contribution in [0.1, 0.15) is 12.0 Å². The van der Waals surface area contributed by atoms with Crippen molar-refractivity contribution in [3.63, 3.8) is 0 Å². The van der Waals surface area contributed by atoms with Gasteiger partial charge in [-0.05, 0) is 53.6 Å². The minimum atomic E-state index is -4.48. The van der Waals surface area contributed by atoms with Crippen LogP contribution < -0.4 is 5.32 Å². The van der Waals surface area contributed by atoms with Crippen LogP contribution in [-0.4, -0.2) is 61.6 Å². The van der Waals surface area contributed by atoms with Crippen LogP contribution in [0.2, 0.25) is 0 Å². The Hall–Kier alpha value is -3.71. The molecule has 1 aliphatic heterocycles. The molecule has 37 heavy (non-hydrogen) atoms. The van der Waals surface area contributed by atoms with E-state index in [2.05, 4.69) is 25.5 Å². The summed E-state index contributed by atoms with van der Waals surface area (Å²) in [6, 6.07) is 5.44. The number of fused-ring (bicyclic) bond motifs is 1. The summed E-state index contributed by atoms with van der Waals surface area (Å²) in [5.41, 5.74) is 0.923. The molecular weight excluding hydrogens is 507 g/mol. The summed E-state index contributed by atoms with van der Waals surface area (Å²) < 4.78 is 49.2. The SMILES string of the molecule is COC1C=C(C(F)(F)F)C(Cn2ncc3cc(/C=C4\SC(=NCCn5cncn5)NC4=O)ccc32)=CC1. The van der Waals surface area contributed by atoms with Gasteiger partial charge in [-0.2, -0.15) is 23.4 Å². The second-order valence-corrected chi connectivity index (χ2v) is 9.38. The number of methoxy groups -OCH3 is 1. The van der Waals surface area contributed by atoms with Gasteiger partial charge < -0.3 is 10.1 Å². The first-order chi connectivity index (χ1) is 17.8. The van der Waals surface area contributed by atoms with E-state index in [1.54, 1.807) is 46.2 Å². The molecule has 1 saturated heterocycles. The number of amides is 1. The highest BCUT2D eigenvalue weighted by Gasteiger charge is 2.38. The van der Waals surface area contributed by atoms with Gasteiger partial charge in [0.1, 0.15) is 12.7 Å². The van der Waals surface area contributed by atoms with E-state index in [-0.39, 0.29) is 18.0 Å². The molecule has 5 rings (SSSR count). The number of allylic oxidation sites excluding steroid dienone is 2. The highest BCUT2D eigenvalue weighted by Crippen LogP contribution is 2.36. The molecule has 3 heterocycles. The molecule has 1 atom stereocenters. The Morgan fingerprint density at radius 1 is 1.32 bits per heavy atom. The number of halogens is 3. The third-order valence-electron chi connectivity index (χ3n) is 5.89. The number of ether oxygens (including phenoxy) is 1. The highest BCUT2D eigenvalue weighted by molar-refractivity contribution is 8.18. The number of amidine groups is 1. The first-order valence-electron chi connectivity index (χ1n) is 11.3. The van der Waals surface area contributed by atoms with Gasteiger partial charge in [-0.1, -0.05) is 12.1 Å². The standard InChI is InChI=1S/C24H22F3N7O2S/c1-36-18-4-3-16(19(10-18)24(25,26)27)12-34-20-5-2-15(8-17(20)11-30-34)9-21-22(35)32-23(37-21)29-6-7-33-14-28-13-31-33/h2-3,5,8-11,13-14,18H,4,6-7,12H2,1H3,(H,29,32,35)/b21-9-. The van der Waals surface area contributed by atoms with Crippen LogP contribution in [0.4, 0.5) is 13.2 Å². The predicted octanol–water partition coefficient (Wildman–Crippen LogP) is 3.72. The second kappa shape index (κ2) is 10.3. The topological polar surface area (TPSA) is 99.2 Å². The molecule has 1 N–H and O–H groups in total. The average Bonchev–Trinajstić information content (AvgIpc) is 3.60. The molecule has 192 valence electrons. The lowest BCUT2D eigenvalue weighted by atomic mass is 9.95. The number of rotatable bonds is 7. The molecule has 0 radical (unpaired) electrons. The minimum Gasteiger partial charge on any atom is -0.377 e. The van der Waals surface area contributed by atoms with Gasteiger partial charge in [-0.3, -0.25) is 19.2 Å². The molecule has 1 aliphatic carbocycles. The van der Waals surface area contributed by atoms with E-state index >= 15 is 0 Å². The Bertz CT molecular complexity index is 1440. The lowest BCUT2D eigenvalue weighted by Crippen LogP contribution is -2.23. The zero-order valence-corrected chi connectivity index (χ0v) is 20.5. The van der Waals surface area contributed by atoms with Crippen LogP contribution >= 0.6 is 11.8 Å². The first-order valence-corrected chi connectivity index (χ1v) is 12.2. The van der Waals surface area contributed by atoms with Crippen molar-refractivity contribution < 1.29 is 22.7 Å². The average molecular weight is 530 g/mol. The molecule has 13 heteroatoms. The minimum absolute atomic E-state index is 0.0155. The van der Waals surface area contributed by atoms with Crippen LogP contribution in [0.15, 0.2) is 70.2 Å². The molecule has 2 aliphatic rings. The molecule has 1 aromatic carbocycles. The number of aromatic nitrogens is 5. The van der Waals surface area contributed by atoms with Gasteiger partial charge in [0.25, 0.3) is 5.91 Å². The Morgan fingerprint density at radius 3 is 2.95 bits per heavy atom. The Balaban J connectivity index is 1.30. The zero-order valence-electron chi connectivity index (χ0n) is 19.6. The summed E-state index contributed by atoms with van der Waals surface area (Å²) in [7, 11) is 1.39. The third kappa shape index (κ3) is 5.67. The molecule has 2 aromatic heterocycles. The summed E-state index contributed by atoms with van der Waals surface area (Å²) >= 11 is 1.24. The predicted molar refractivity (Wildman–Crippen MR) is 133 cm³/mol. The summed E-state index contributed by atoms with van der Waals surface area (Å²) in [6.07, 6.45) is 4.36. The van der Waals surface area contributed by atoms with Crippen LogP contribution in [-0.2, 0) is 22.6 Å². The Kier molecular flexibility index (Phi) is 6.98. The van der Waals surface area contributed by atoms with E-state index in [1.807, 2.05) is 6.07 Å². The number of hydrogen-bond donors (Lipinski definition) is 1. The third-order valence-corrected chi connectivity index (χ3v) is 6.84. The maximum atomic E-state index is 13.6. The Labute approximate surface area is 213 Å². The maximum Gasteiger partial charge on any atom is 0.416 e. The monoisotopic (exact) mass is 529 g/mol. The fourth-order valence-corrected chi connectivity index (χ4v) is 4.90. The lowest BCUT2D eigenvalue weighted by molar-refractivity contribution is -0.115. The summed E-state index contributed by atoms with van der Waals surface area (Å²) in [5, 5.41) is 12.3. The van der Waals surface area contributed by atoms with Crippen molar-refractivity contribution in [2.45, 2.75) is 31.8 Å². The number of carbonyl (C=O) groups excluding carboxylic acids is 1. The normalized spacial score (nSPS) is 20.5. The highest BCUT2D eigenvalue weighted by atomic mass is 32.2. The zero-order chi connectivity index (χ0) is 26.0. The maximum absolute atomic E-state index is 13.6. The van der Waals surface area contributed by atoms with Crippen molar-refractivity contribution in [2.24, 2.45) is 4.99 Å². The van der Waals surface area contributed by atoms with Gasteiger partial charge in [-0.15, -0.1) is 0 Å². The smallest absolute Gasteiger partial charge is 0.377 e. The first kappa shape index (κ1) is 25.0. The van der Waals surface area contributed by atoms with E-state index in [1.165, 1.54) is 25.2 Å². The van der Waals surface area contributed by atoms with E-state index in [0.29, 0.717) is 35.1 Å². The quantitative estimate of drug-likeness (QED) is 0.469. The molecule has 0 spiro atoms. The molecule has 1 amide bonds. The second-order valence-electron chi connectivity index (χ2n) is 8.35. The number of benzene rings is 1. The number of hydrogen-bond acceptors (Lipinski definition) is 7. The van der Waals surface area contributed by atoms with Gasteiger partial charge >= 0.3 is 6.18 Å². The van der Waals surface area contributed by atoms with Crippen molar-refractivity contribution in [1.29, 1.82) is 0 Å². The summed E-state index contributed by atoms with van der Waals surface area (Å²) in [4.78, 5) is 21.1. The number of thioether (sulfide) groups is 1. The summed E-state index contributed by atoms with van der Waals surface area (Å²) in [5.74, 6) is -0.245. The fourth-order valence-electron chi connectivity index (χ4n) is 4.06. The molecule has 0 saturated carbocycles. The number of alkyl halides is 3. The van der Waals surface area contributed by atoms with Crippen molar-refractivity contribution in [3.8, 4) is 0 Å². The lowest BCUT2D eigenvalue weighted by Gasteiger charge is -2.23. The van der Waals surface area contributed by atoms with E-state index in [9.17, 15) is 18.0 Å². The number of carbonyl (C=O) groups is 1. The van der Waals surface area contributed by atoms with Gasteiger partial charge in [0.15, 0.2) is 5.17 Å². The molecule has 1 fully saturated rings. The van der Waals surface area contributed by atoms with Crippen molar-refractivity contribution in [3.05, 3.63) is 70.8 Å². The van der Waals surface area contributed by atoms with E-state index in [0.717, 1.165) is 17.0 Å². The number of aliphatic imine (C=N–C) groups is 1. The van der Waals surface area contributed by atoms with E-state index in [4.69, 9.17) is 4.74 Å². The van der Waals surface area contributed by atoms with Crippen molar-refractivity contribution in [2.75, 3.05) is 13.7 Å². The van der Waals surface area contributed by atoms with Crippen molar-refractivity contribution >= 4 is 39.8 Å².